The standard InChI is InChI=1S/C11H13N3O4/c1-7(8-2-4-12-5-3-8)18-14-10(15)9-6-13-11(16)17-9/h2-5,7,9H,6H2,1H3,(H,13,16)(H,14,15)/t7-,9-/m0/s1. The lowest BCUT2D eigenvalue weighted by Crippen LogP contribution is -2.37. The average molecular weight is 251 g/mol. The summed E-state index contributed by atoms with van der Waals surface area (Å²) in [5, 5.41) is 2.38. The summed E-state index contributed by atoms with van der Waals surface area (Å²) in [5.74, 6) is -0.491. The van der Waals surface area contributed by atoms with Crippen LogP contribution in [0.25, 0.3) is 0 Å². The molecule has 0 unspecified atom stereocenters. The Kier molecular flexibility index (Phi) is 3.73. The van der Waals surface area contributed by atoms with Crippen molar-refractivity contribution in [3.63, 3.8) is 0 Å². The summed E-state index contributed by atoms with van der Waals surface area (Å²) < 4.78 is 4.71. The van der Waals surface area contributed by atoms with Crippen molar-refractivity contribution in [3.05, 3.63) is 30.1 Å². The molecule has 0 aliphatic carbocycles. The number of hydrogen-bond acceptors (Lipinski definition) is 5. The predicted molar refractivity (Wildman–Crippen MR) is 60.2 cm³/mol. The average Bonchev–Trinajstić information content (AvgIpc) is 2.83. The van der Waals surface area contributed by atoms with Gasteiger partial charge in [-0.05, 0) is 24.6 Å². The molecule has 1 aliphatic rings. The van der Waals surface area contributed by atoms with Crippen molar-refractivity contribution < 1.29 is 19.2 Å². The summed E-state index contributed by atoms with van der Waals surface area (Å²) in [6.07, 6.45) is 1.51. The number of ether oxygens (including phenoxy) is 1. The fourth-order valence-corrected chi connectivity index (χ4v) is 1.45. The Morgan fingerprint density at radius 3 is 2.94 bits per heavy atom. The van der Waals surface area contributed by atoms with E-state index in [4.69, 9.17) is 9.57 Å². The number of hydroxylamine groups is 1. The summed E-state index contributed by atoms with van der Waals surface area (Å²) in [5.41, 5.74) is 3.15. The molecule has 1 aromatic heterocycles. The van der Waals surface area contributed by atoms with Crippen LogP contribution >= 0.6 is 0 Å². The van der Waals surface area contributed by atoms with E-state index in [0.717, 1.165) is 5.56 Å². The Balaban J connectivity index is 1.81. The van der Waals surface area contributed by atoms with Crippen LogP contribution in [0.2, 0.25) is 0 Å². The van der Waals surface area contributed by atoms with Crippen LogP contribution in [0.1, 0.15) is 18.6 Å². The van der Waals surface area contributed by atoms with E-state index in [1.165, 1.54) is 0 Å². The highest BCUT2D eigenvalue weighted by Crippen LogP contribution is 2.13. The lowest BCUT2D eigenvalue weighted by atomic mass is 10.2. The molecule has 2 heterocycles. The summed E-state index contributed by atoms with van der Waals surface area (Å²) in [4.78, 5) is 31.4. The first kappa shape index (κ1) is 12.3. The summed E-state index contributed by atoms with van der Waals surface area (Å²) >= 11 is 0. The van der Waals surface area contributed by atoms with Crippen LogP contribution in [0.5, 0.6) is 0 Å². The van der Waals surface area contributed by atoms with Gasteiger partial charge in [0.25, 0.3) is 5.91 Å². The third-order valence-electron chi connectivity index (χ3n) is 2.49. The monoisotopic (exact) mass is 251 g/mol. The highest BCUT2D eigenvalue weighted by Gasteiger charge is 2.29. The normalized spacial score (nSPS) is 19.8. The van der Waals surface area contributed by atoms with Crippen molar-refractivity contribution in [1.82, 2.24) is 15.8 Å². The van der Waals surface area contributed by atoms with Gasteiger partial charge >= 0.3 is 6.09 Å². The number of carbonyl (C=O) groups excluding carboxylic acids is 2. The molecule has 7 nitrogen and oxygen atoms in total. The van der Waals surface area contributed by atoms with Crippen molar-refractivity contribution in [3.8, 4) is 0 Å². The van der Waals surface area contributed by atoms with Gasteiger partial charge in [0.05, 0.1) is 6.54 Å². The minimum absolute atomic E-state index is 0.150. The molecule has 0 aromatic carbocycles. The van der Waals surface area contributed by atoms with Gasteiger partial charge in [0, 0.05) is 12.4 Å². The number of alkyl carbamates (subject to hydrolysis) is 1. The highest BCUT2D eigenvalue weighted by atomic mass is 16.7. The van der Waals surface area contributed by atoms with Crippen molar-refractivity contribution in [2.24, 2.45) is 0 Å². The summed E-state index contributed by atoms with van der Waals surface area (Å²) in [7, 11) is 0. The largest absolute Gasteiger partial charge is 0.434 e. The first-order valence-electron chi connectivity index (χ1n) is 5.46. The van der Waals surface area contributed by atoms with Gasteiger partial charge in [-0.25, -0.2) is 10.3 Å². The number of nitrogens with one attached hydrogen (secondary N) is 2. The van der Waals surface area contributed by atoms with E-state index >= 15 is 0 Å². The van der Waals surface area contributed by atoms with Gasteiger partial charge in [-0.1, -0.05) is 0 Å². The van der Waals surface area contributed by atoms with E-state index in [-0.39, 0.29) is 12.6 Å². The van der Waals surface area contributed by atoms with Crippen molar-refractivity contribution in [2.45, 2.75) is 19.1 Å². The number of nitrogens with zero attached hydrogens (tertiary/aromatic N) is 1. The Morgan fingerprint density at radius 2 is 2.33 bits per heavy atom. The van der Waals surface area contributed by atoms with E-state index in [9.17, 15) is 9.59 Å². The zero-order valence-electron chi connectivity index (χ0n) is 9.75. The molecule has 2 atom stereocenters. The molecule has 1 aliphatic heterocycles. The maximum atomic E-state index is 11.6. The topological polar surface area (TPSA) is 89.6 Å². The summed E-state index contributed by atoms with van der Waals surface area (Å²) in [6.45, 7) is 1.94. The molecular weight excluding hydrogens is 238 g/mol. The number of carbonyl (C=O) groups is 2. The molecule has 1 fully saturated rings. The number of amides is 2. The van der Waals surface area contributed by atoms with E-state index in [0.29, 0.717) is 0 Å². The second kappa shape index (κ2) is 5.46. The predicted octanol–water partition coefficient (Wildman–Crippen LogP) is 0.299. The number of cyclic esters (lactones) is 1. The number of rotatable bonds is 4. The second-order valence-electron chi connectivity index (χ2n) is 3.78. The molecule has 0 spiro atoms. The lowest BCUT2D eigenvalue weighted by Gasteiger charge is -2.14. The molecule has 0 radical (unpaired) electrons. The minimum atomic E-state index is -0.845. The van der Waals surface area contributed by atoms with Crippen LogP contribution in [0.3, 0.4) is 0 Å². The maximum Gasteiger partial charge on any atom is 0.408 e. The zero-order chi connectivity index (χ0) is 13.0. The van der Waals surface area contributed by atoms with Crippen LogP contribution < -0.4 is 10.8 Å². The van der Waals surface area contributed by atoms with Crippen LogP contribution in [-0.4, -0.2) is 29.6 Å². The van der Waals surface area contributed by atoms with Crippen LogP contribution in [0.4, 0.5) is 4.79 Å². The van der Waals surface area contributed by atoms with Gasteiger partial charge in [0.2, 0.25) is 6.10 Å². The molecule has 96 valence electrons. The van der Waals surface area contributed by atoms with Gasteiger partial charge in [0.15, 0.2) is 0 Å². The van der Waals surface area contributed by atoms with Crippen LogP contribution in [0, 0.1) is 0 Å². The molecule has 2 amide bonds. The SMILES string of the molecule is C[C@H](ONC(=O)[C@@H]1CNC(=O)O1)c1ccncc1. The van der Waals surface area contributed by atoms with Crippen LogP contribution in [-0.2, 0) is 14.4 Å². The van der Waals surface area contributed by atoms with Crippen LogP contribution in [0.15, 0.2) is 24.5 Å². The first-order valence-corrected chi connectivity index (χ1v) is 5.46. The fraction of sp³-hybridized carbons (Fsp3) is 0.364. The Morgan fingerprint density at radius 1 is 1.61 bits per heavy atom. The van der Waals surface area contributed by atoms with E-state index in [1.807, 2.05) is 0 Å². The molecule has 1 saturated heterocycles. The molecule has 7 heteroatoms. The van der Waals surface area contributed by atoms with Gasteiger partial charge in [-0.3, -0.25) is 14.6 Å². The van der Waals surface area contributed by atoms with Gasteiger partial charge in [0.1, 0.15) is 6.10 Å². The van der Waals surface area contributed by atoms with Crippen molar-refractivity contribution in [2.75, 3.05) is 6.54 Å². The Bertz CT molecular complexity index is 437. The quantitative estimate of drug-likeness (QED) is 0.751. The molecule has 2 N–H and O–H groups in total. The lowest BCUT2D eigenvalue weighted by molar-refractivity contribution is -0.145. The Labute approximate surface area is 103 Å². The molecule has 2 rings (SSSR count). The van der Waals surface area contributed by atoms with E-state index in [1.54, 1.807) is 31.5 Å². The Hall–Kier alpha value is -2.15. The molecule has 18 heavy (non-hydrogen) atoms. The zero-order valence-corrected chi connectivity index (χ0v) is 9.75. The molecule has 1 aromatic rings. The third kappa shape index (κ3) is 2.95. The smallest absolute Gasteiger partial charge is 0.408 e. The van der Waals surface area contributed by atoms with Gasteiger partial charge in [-0.2, -0.15) is 0 Å². The first-order chi connectivity index (χ1) is 8.66. The third-order valence-corrected chi connectivity index (χ3v) is 2.49. The van der Waals surface area contributed by atoms with Gasteiger partial charge < -0.3 is 10.1 Å². The molecule has 0 saturated carbocycles. The van der Waals surface area contributed by atoms with E-state index < -0.39 is 18.1 Å². The molecular formula is C11H13N3O4. The molecule has 0 bridgehead atoms. The maximum absolute atomic E-state index is 11.6. The second-order valence-corrected chi connectivity index (χ2v) is 3.78. The summed E-state index contributed by atoms with van der Waals surface area (Å²) in [6, 6.07) is 3.57. The number of aromatic nitrogens is 1. The number of hydrogen-bond donors (Lipinski definition) is 2. The highest BCUT2D eigenvalue weighted by molar-refractivity contribution is 5.85. The van der Waals surface area contributed by atoms with E-state index in [2.05, 4.69) is 15.8 Å². The minimum Gasteiger partial charge on any atom is -0.434 e. The van der Waals surface area contributed by atoms with Crippen molar-refractivity contribution in [1.29, 1.82) is 0 Å². The number of pyridine rings is 1. The van der Waals surface area contributed by atoms with Gasteiger partial charge in [-0.15, -0.1) is 0 Å². The van der Waals surface area contributed by atoms with Crippen molar-refractivity contribution >= 4 is 12.0 Å². The fourth-order valence-electron chi connectivity index (χ4n) is 1.45.